The number of hydrogen-bond acceptors (Lipinski definition) is 2. The summed E-state index contributed by atoms with van der Waals surface area (Å²) < 4.78 is 5.54. The number of halogens is 1. The van der Waals surface area contributed by atoms with Crippen LogP contribution in [0.3, 0.4) is 0 Å². The molecule has 3 heteroatoms. The first-order valence-corrected chi connectivity index (χ1v) is 5.98. The third-order valence-electron chi connectivity index (χ3n) is 2.62. The van der Waals surface area contributed by atoms with Crippen molar-refractivity contribution in [1.82, 2.24) is 0 Å². The SMILES string of the molecule is CC(Oc1ccc2ccccc2c1)C(=O)CCl. The number of fused-ring (bicyclic) bond motifs is 1. The molecule has 88 valence electrons. The topological polar surface area (TPSA) is 26.3 Å². The van der Waals surface area contributed by atoms with Crippen molar-refractivity contribution < 1.29 is 9.53 Å². The molecular weight excluding hydrogens is 236 g/mol. The number of carbonyl (C=O) groups excluding carboxylic acids is 1. The predicted octanol–water partition coefficient (Wildman–Crippen LogP) is 3.42. The lowest BCUT2D eigenvalue weighted by Gasteiger charge is -2.12. The summed E-state index contributed by atoms with van der Waals surface area (Å²) in [4.78, 5) is 11.3. The van der Waals surface area contributed by atoms with E-state index in [9.17, 15) is 4.79 Å². The third kappa shape index (κ3) is 2.77. The van der Waals surface area contributed by atoms with Crippen molar-refractivity contribution in [2.75, 3.05) is 5.88 Å². The molecule has 2 rings (SSSR count). The molecular formula is C14H13ClO2. The Morgan fingerprint density at radius 1 is 1.24 bits per heavy atom. The average molecular weight is 249 g/mol. The van der Waals surface area contributed by atoms with Crippen LogP contribution in [0.2, 0.25) is 0 Å². The molecule has 0 bridgehead atoms. The zero-order valence-corrected chi connectivity index (χ0v) is 10.3. The Morgan fingerprint density at radius 2 is 1.94 bits per heavy atom. The highest BCUT2D eigenvalue weighted by molar-refractivity contribution is 6.28. The molecule has 0 aromatic heterocycles. The highest BCUT2D eigenvalue weighted by Gasteiger charge is 2.13. The summed E-state index contributed by atoms with van der Waals surface area (Å²) in [5.74, 6) is 0.559. The molecule has 2 aromatic rings. The first-order valence-electron chi connectivity index (χ1n) is 5.45. The summed E-state index contributed by atoms with van der Waals surface area (Å²) in [6, 6.07) is 13.8. The van der Waals surface area contributed by atoms with Crippen LogP contribution in [-0.2, 0) is 4.79 Å². The monoisotopic (exact) mass is 248 g/mol. The molecule has 0 aliphatic carbocycles. The first-order chi connectivity index (χ1) is 8.20. The molecule has 0 heterocycles. The van der Waals surface area contributed by atoms with Gasteiger partial charge in [-0.2, -0.15) is 0 Å². The van der Waals surface area contributed by atoms with Gasteiger partial charge in [-0.15, -0.1) is 11.6 Å². The molecule has 0 saturated heterocycles. The van der Waals surface area contributed by atoms with E-state index in [4.69, 9.17) is 16.3 Å². The molecule has 0 saturated carbocycles. The number of Topliss-reactive ketones (excluding diaryl/α,β-unsaturated/α-hetero) is 1. The maximum Gasteiger partial charge on any atom is 0.187 e. The van der Waals surface area contributed by atoms with Crippen LogP contribution in [0.15, 0.2) is 42.5 Å². The van der Waals surface area contributed by atoms with E-state index in [1.165, 1.54) is 0 Å². The van der Waals surface area contributed by atoms with Gasteiger partial charge in [0.25, 0.3) is 0 Å². The molecule has 0 N–H and O–H groups in total. The van der Waals surface area contributed by atoms with Crippen LogP contribution in [0.25, 0.3) is 10.8 Å². The fraction of sp³-hybridized carbons (Fsp3) is 0.214. The van der Waals surface area contributed by atoms with Gasteiger partial charge in [-0.3, -0.25) is 4.79 Å². The van der Waals surface area contributed by atoms with E-state index >= 15 is 0 Å². The summed E-state index contributed by atoms with van der Waals surface area (Å²) in [7, 11) is 0. The van der Waals surface area contributed by atoms with Gasteiger partial charge in [-0.1, -0.05) is 30.3 Å². The zero-order chi connectivity index (χ0) is 12.3. The lowest BCUT2D eigenvalue weighted by atomic mass is 10.1. The molecule has 0 fully saturated rings. The third-order valence-corrected chi connectivity index (χ3v) is 2.88. The summed E-state index contributed by atoms with van der Waals surface area (Å²) in [6.45, 7) is 1.71. The minimum Gasteiger partial charge on any atom is -0.483 e. The van der Waals surface area contributed by atoms with E-state index in [1.807, 2.05) is 42.5 Å². The van der Waals surface area contributed by atoms with Crippen molar-refractivity contribution in [2.24, 2.45) is 0 Å². The Kier molecular flexibility index (Phi) is 3.64. The number of ketones is 1. The van der Waals surface area contributed by atoms with Crippen LogP contribution in [0.5, 0.6) is 5.75 Å². The number of carbonyl (C=O) groups is 1. The molecule has 0 amide bonds. The van der Waals surface area contributed by atoms with E-state index in [0.717, 1.165) is 10.8 Å². The maximum absolute atomic E-state index is 11.3. The fourth-order valence-electron chi connectivity index (χ4n) is 1.62. The van der Waals surface area contributed by atoms with Gasteiger partial charge < -0.3 is 4.74 Å². The second kappa shape index (κ2) is 5.19. The second-order valence-corrected chi connectivity index (χ2v) is 4.14. The van der Waals surface area contributed by atoms with Gasteiger partial charge in [0.05, 0.1) is 5.88 Å². The quantitative estimate of drug-likeness (QED) is 0.775. The van der Waals surface area contributed by atoms with Crippen LogP contribution < -0.4 is 4.74 Å². The average Bonchev–Trinajstić information content (AvgIpc) is 2.37. The van der Waals surface area contributed by atoms with E-state index in [-0.39, 0.29) is 11.7 Å². The van der Waals surface area contributed by atoms with Crippen molar-refractivity contribution in [3.63, 3.8) is 0 Å². The highest BCUT2D eigenvalue weighted by atomic mass is 35.5. The van der Waals surface area contributed by atoms with Crippen molar-refractivity contribution in [1.29, 1.82) is 0 Å². The maximum atomic E-state index is 11.3. The van der Waals surface area contributed by atoms with Crippen molar-refractivity contribution in [3.8, 4) is 5.75 Å². The molecule has 2 nitrogen and oxygen atoms in total. The van der Waals surface area contributed by atoms with Gasteiger partial charge in [0.2, 0.25) is 0 Å². The summed E-state index contributed by atoms with van der Waals surface area (Å²) in [5, 5.41) is 2.24. The first kappa shape index (κ1) is 11.9. The van der Waals surface area contributed by atoms with E-state index in [1.54, 1.807) is 6.92 Å². The zero-order valence-electron chi connectivity index (χ0n) is 9.52. The predicted molar refractivity (Wildman–Crippen MR) is 69.8 cm³/mol. The van der Waals surface area contributed by atoms with Gasteiger partial charge in [-0.05, 0) is 29.8 Å². The van der Waals surface area contributed by atoms with Gasteiger partial charge in [0.1, 0.15) is 5.75 Å². The molecule has 0 radical (unpaired) electrons. The highest BCUT2D eigenvalue weighted by Crippen LogP contribution is 2.21. The minimum absolute atomic E-state index is 0.0191. The standard InChI is InChI=1S/C14H13ClO2/c1-10(14(16)9-15)17-13-7-6-11-4-2-3-5-12(11)8-13/h2-8,10H,9H2,1H3. The van der Waals surface area contributed by atoms with Crippen LogP contribution in [0.1, 0.15) is 6.92 Å². The number of benzene rings is 2. The Labute approximate surface area is 105 Å². The normalized spacial score (nSPS) is 12.4. The van der Waals surface area contributed by atoms with Crippen LogP contribution in [0.4, 0.5) is 0 Å². The Hall–Kier alpha value is -1.54. The molecule has 0 spiro atoms. The summed E-state index contributed by atoms with van der Waals surface area (Å²) in [6.07, 6.45) is -0.506. The van der Waals surface area contributed by atoms with Gasteiger partial charge in [0.15, 0.2) is 11.9 Å². The minimum atomic E-state index is -0.506. The molecule has 0 aliphatic rings. The van der Waals surface area contributed by atoms with Crippen LogP contribution >= 0.6 is 11.6 Å². The van der Waals surface area contributed by atoms with Crippen molar-refractivity contribution in [3.05, 3.63) is 42.5 Å². The number of hydrogen-bond donors (Lipinski definition) is 0. The van der Waals surface area contributed by atoms with Crippen LogP contribution in [0, 0.1) is 0 Å². The second-order valence-electron chi connectivity index (χ2n) is 3.87. The van der Waals surface area contributed by atoms with Crippen molar-refractivity contribution in [2.45, 2.75) is 13.0 Å². The van der Waals surface area contributed by atoms with Gasteiger partial charge >= 0.3 is 0 Å². The van der Waals surface area contributed by atoms with Crippen molar-refractivity contribution >= 4 is 28.2 Å². The van der Waals surface area contributed by atoms with E-state index in [0.29, 0.717) is 5.75 Å². The Morgan fingerprint density at radius 3 is 2.65 bits per heavy atom. The number of alkyl halides is 1. The van der Waals surface area contributed by atoms with Crippen LogP contribution in [-0.4, -0.2) is 17.8 Å². The van der Waals surface area contributed by atoms with Gasteiger partial charge in [0, 0.05) is 0 Å². The molecule has 1 atom stereocenters. The molecule has 0 aliphatic heterocycles. The lowest BCUT2D eigenvalue weighted by molar-refractivity contribution is -0.122. The smallest absolute Gasteiger partial charge is 0.187 e. The van der Waals surface area contributed by atoms with E-state index in [2.05, 4.69) is 0 Å². The molecule has 2 aromatic carbocycles. The summed E-state index contributed by atoms with van der Waals surface area (Å²) in [5.41, 5.74) is 0. The molecule has 1 unspecified atom stereocenters. The number of ether oxygens (including phenoxy) is 1. The Balaban J connectivity index is 2.22. The van der Waals surface area contributed by atoms with E-state index < -0.39 is 6.10 Å². The largest absolute Gasteiger partial charge is 0.483 e. The summed E-state index contributed by atoms with van der Waals surface area (Å²) >= 11 is 5.48. The van der Waals surface area contributed by atoms with Gasteiger partial charge in [-0.25, -0.2) is 0 Å². The fourth-order valence-corrected chi connectivity index (χ4v) is 1.84. The lowest BCUT2D eigenvalue weighted by Crippen LogP contribution is -2.24. The number of rotatable bonds is 4. The Bertz CT molecular complexity index is 536. The molecule has 17 heavy (non-hydrogen) atoms.